The number of rotatable bonds is 12. The van der Waals surface area contributed by atoms with Crippen molar-refractivity contribution in [1.29, 1.82) is 0 Å². The second-order valence-corrected chi connectivity index (χ2v) is 15.8. The van der Waals surface area contributed by atoms with Gasteiger partial charge in [-0.3, -0.25) is 4.18 Å². The quantitative estimate of drug-likeness (QED) is 0.222. The average molecular weight is 429 g/mol. The predicted octanol–water partition coefficient (Wildman–Crippen LogP) is 6.31. The zero-order valence-electron chi connectivity index (χ0n) is 18.9. The zero-order valence-corrected chi connectivity index (χ0v) is 20.7. The Labute approximate surface area is 174 Å². The molecule has 0 amide bonds. The van der Waals surface area contributed by atoms with Gasteiger partial charge < -0.3 is 4.43 Å². The van der Waals surface area contributed by atoms with Crippen molar-refractivity contribution < 1.29 is 17.0 Å². The predicted molar refractivity (Wildman–Crippen MR) is 120 cm³/mol. The Bertz CT molecular complexity index is 675. The highest BCUT2D eigenvalue weighted by atomic mass is 32.2. The lowest BCUT2D eigenvalue weighted by Gasteiger charge is -2.37. The number of hydrogen-bond acceptors (Lipinski definition) is 4. The maximum Gasteiger partial charge on any atom is 0.296 e. The van der Waals surface area contributed by atoms with Gasteiger partial charge in [-0.1, -0.05) is 71.1 Å². The van der Waals surface area contributed by atoms with Crippen LogP contribution in [0.1, 0.15) is 65.4 Å². The van der Waals surface area contributed by atoms with Crippen molar-refractivity contribution in [3.8, 4) is 0 Å². The highest BCUT2D eigenvalue weighted by molar-refractivity contribution is 7.86. The van der Waals surface area contributed by atoms with Crippen LogP contribution >= 0.6 is 0 Å². The topological polar surface area (TPSA) is 52.6 Å². The molecule has 4 nitrogen and oxygen atoms in total. The van der Waals surface area contributed by atoms with Crippen molar-refractivity contribution in [2.75, 3.05) is 13.2 Å². The molecule has 6 heteroatoms. The molecule has 0 saturated carbocycles. The molecule has 0 bridgehead atoms. The zero-order chi connectivity index (χ0) is 21.4. The molecule has 0 fully saturated rings. The molecule has 1 atom stereocenters. The fourth-order valence-electron chi connectivity index (χ4n) is 2.58. The summed E-state index contributed by atoms with van der Waals surface area (Å²) in [6.07, 6.45) is 5.56. The monoisotopic (exact) mass is 428 g/mol. The van der Waals surface area contributed by atoms with Crippen molar-refractivity contribution in [2.24, 2.45) is 5.92 Å². The minimum absolute atomic E-state index is 0.0891. The Morgan fingerprint density at radius 2 is 1.61 bits per heavy atom. The molecule has 0 saturated heterocycles. The third kappa shape index (κ3) is 8.35. The smallest absolute Gasteiger partial charge is 0.296 e. The van der Waals surface area contributed by atoms with Gasteiger partial charge in [0.2, 0.25) is 0 Å². The van der Waals surface area contributed by atoms with Gasteiger partial charge >= 0.3 is 0 Å². The summed E-state index contributed by atoms with van der Waals surface area (Å²) in [7, 11) is -5.61. The Hall–Kier alpha value is -0.693. The van der Waals surface area contributed by atoms with Gasteiger partial charge in [0.05, 0.1) is 11.5 Å². The first-order valence-electron chi connectivity index (χ1n) is 10.5. The SMILES string of the molecule is CCCCCC[C@H](CO[Si](C)(C)C(C)(C)C)COS(=O)(=O)c1ccc(C)cc1. The molecule has 1 rings (SSSR count). The molecule has 0 aliphatic heterocycles. The van der Waals surface area contributed by atoms with Gasteiger partial charge in [0.1, 0.15) is 0 Å². The molecule has 0 aromatic heterocycles. The van der Waals surface area contributed by atoms with Gasteiger partial charge in [-0.2, -0.15) is 8.42 Å². The molecule has 162 valence electrons. The van der Waals surface area contributed by atoms with E-state index in [9.17, 15) is 8.42 Å². The molecule has 0 spiro atoms. The Morgan fingerprint density at radius 1 is 1.00 bits per heavy atom. The molecular weight excluding hydrogens is 388 g/mol. The minimum Gasteiger partial charge on any atom is -0.416 e. The molecule has 1 aromatic rings. The highest BCUT2D eigenvalue weighted by Crippen LogP contribution is 2.37. The van der Waals surface area contributed by atoms with E-state index in [1.165, 1.54) is 12.8 Å². The number of aryl methyl sites for hydroxylation is 1. The van der Waals surface area contributed by atoms with Gasteiger partial charge in [0.25, 0.3) is 10.1 Å². The maximum atomic E-state index is 12.5. The molecule has 0 N–H and O–H groups in total. The number of unbranched alkanes of at least 4 members (excludes halogenated alkanes) is 3. The Kier molecular flexibility index (Phi) is 9.87. The molecule has 1 aromatic carbocycles. The van der Waals surface area contributed by atoms with Crippen LogP contribution in [-0.4, -0.2) is 29.9 Å². The standard InChI is InChI=1S/C22H40O4SSi/c1-8-9-10-11-12-20(18-26-28(6,7)22(3,4)5)17-25-27(23,24)21-15-13-19(2)14-16-21/h13-16,20H,8-12,17-18H2,1-7H3/t20-/m0/s1. The van der Waals surface area contributed by atoms with Crippen molar-refractivity contribution in [2.45, 2.75) is 89.8 Å². The first-order chi connectivity index (χ1) is 12.9. The van der Waals surface area contributed by atoms with E-state index in [4.69, 9.17) is 8.61 Å². The van der Waals surface area contributed by atoms with Crippen molar-refractivity contribution in [1.82, 2.24) is 0 Å². The van der Waals surface area contributed by atoms with E-state index in [0.717, 1.165) is 24.8 Å². The van der Waals surface area contributed by atoms with Crippen LogP contribution < -0.4 is 0 Å². The minimum atomic E-state index is -3.73. The third-order valence-corrected chi connectivity index (χ3v) is 11.5. The van der Waals surface area contributed by atoms with Crippen LogP contribution in [0.3, 0.4) is 0 Å². The summed E-state index contributed by atoms with van der Waals surface area (Å²) in [5, 5.41) is 0.134. The van der Waals surface area contributed by atoms with E-state index in [1.807, 2.05) is 6.92 Å². The van der Waals surface area contributed by atoms with E-state index < -0.39 is 18.4 Å². The van der Waals surface area contributed by atoms with Crippen LogP contribution in [-0.2, 0) is 18.7 Å². The highest BCUT2D eigenvalue weighted by Gasteiger charge is 2.37. The van der Waals surface area contributed by atoms with Crippen LogP contribution in [0.15, 0.2) is 29.2 Å². The first kappa shape index (κ1) is 25.3. The van der Waals surface area contributed by atoms with Gasteiger partial charge in [0.15, 0.2) is 8.32 Å². The molecule has 0 heterocycles. The van der Waals surface area contributed by atoms with Crippen LogP contribution in [0, 0.1) is 12.8 Å². The second-order valence-electron chi connectivity index (χ2n) is 9.34. The average Bonchev–Trinajstić information content (AvgIpc) is 2.59. The number of benzene rings is 1. The van der Waals surface area contributed by atoms with E-state index in [2.05, 4.69) is 40.8 Å². The molecular formula is C22H40O4SSi. The van der Waals surface area contributed by atoms with Gasteiger partial charge in [0, 0.05) is 12.5 Å². The van der Waals surface area contributed by atoms with E-state index in [-0.39, 0.29) is 22.5 Å². The largest absolute Gasteiger partial charge is 0.416 e. The van der Waals surface area contributed by atoms with Gasteiger partial charge in [-0.15, -0.1) is 0 Å². The van der Waals surface area contributed by atoms with Crippen molar-refractivity contribution >= 4 is 18.4 Å². The summed E-state index contributed by atoms with van der Waals surface area (Å²) in [6.45, 7) is 16.0. The van der Waals surface area contributed by atoms with E-state index in [1.54, 1.807) is 24.3 Å². The Morgan fingerprint density at radius 3 is 2.14 bits per heavy atom. The summed E-state index contributed by atoms with van der Waals surface area (Å²) >= 11 is 0. The van der Waals surface area contributed by atoms with E-state index in [0.29, 0.717) is 6.61 Å². The van der Waals surface area contributed by atoms with Crippen LogP contribution in [0.5, 0.6) is 0 Å². The van der Waals surface area contributed by atoms with E-state index >= 15 is 0 Å². The Balaban J connectivity index is 2.74. The van der Waals surface area contributed by atoms with Crippen molar-refractivity contribution in [3.63, 3.8) is 0 Å². The van der Waals surface area contributed by atoms with Crippen molar-refractivity contribution in [3.05, 3.63) is 29.8 Å². The molecule has 0 radical (unpaired) electrons. The molecule has 28 heavy (non-hydrogen) atoms. The third-order valence-electron chi connectivity index (χ3n) is 5.72. The summed E-state index contributed by atoms with van der Waals surface area (Å²) in [6, 6.07) is 6.79. The molecule has 0 aliphatic carbocycles. The van der Waals surface area contributed by atoms with Crippen LogP contribution in [0.2, 0.25) is 18.1 Å². The van der Waals surface area contributed by atoms with Crippen LogP contribution in [0.25, 0.3) is 0 Å². The normalized spacial score (nSPS) is 14.2. The fourth-order valence-corrected chi connectivity index (χ4v) is 4.64. The molecule has 0 aliphatic rings. The van der Waals surface area contributed by atoms with Crippen LogP contribution in [0.4, 0.5) is 0 Å². The lowest BCUT2D eigenvalue weighted by atomic mass is 10.0. The lowest BCUT2D eigenvalue weighted by Crippen LogP contribution is -2.42. The summed E-state index contributed by atoms with van der Waals surface area (Å²) in [4.78, 5) is 0.216. The lowest BCUT2D eigenvalue weighted by molar-refractivity contribution is 0.160. The summed E-state index contributed by atoms with van der Waals surface area (Å²) in [5.41, 5.74) is 1.02. The maximum absolute atomic E-state index is 12.5. The van der Waals surface area contributed by atoms with Gasteiger partial charge in [-0.05, 0) is 43.6 Å². The first-order valence-corrected chi connectivity index (χ1v) is 14.8. The number of hydrogen-bond donors (Lipinski definition) is 0. The van der Waals surface area contributed by atoms with Gasteiger partial charge in [-0.25, -0.2) is 0 Å². The molecule has 0 unspecified atom stereocenters. The second kappa shape index (κ2) is 10.9. The summed E-state index contributed by atoms with van der Waals surface area (Å²) < 4.78 is 36.9. The summed E-state index contributed by atoms with van der Waals surface area (Å²) in [5.74, 6) is 0.0891. The fraction of sp³-hybridized carbons (Fsp3) is 0.727.